The Hall–Kier alpha value is -4.57. The summed E-state index contributed by atoms with van der Waals surface area (Å²) in [6.45, 7) is -0.165. The van der Waals surface area contributed by atoms with E-state index in [-0.39, 0.29) is 18.1 Å². The number of fused-ring (bicyclic) bond motifs is 3. The van der Waals surface area contributed by atoms with Crippen LogP contribution in [0.2, 0.25) is 0 Å². The lowest BCUT2D eigenvalue weighted by Gasteiger charge is -2.15. The predicted octanol–water partition coefficient (Wildman–Crippen LogP) is 4.52. The lowest BCUT2D eigenvalue weighted by atomic mass is 10.0. The van der Waals surface area contributed by atoms with Gasteiger partial charge in [0.2, 0.25) is 5.91 Å². The normalized spacial score (nSPS) is 11.7. The van der Waals surface area contributed by atoms with Crippen LogP contribution in [-0.2, 0) is 11.0 Å². The van der Waals surface area contributed by atoms with Crippen molar-refractivity contribution in [1.29, 1.82) is 0 Å². The van der Waals surface area contributed by atoms with Gasteiger partial charge < -0.3 is 11.1 Å². The maximum atomic E-state index is 13.4. The van der Waals surface area contributed by atoms with Crippen molar-refractivity contribution in [3.63, 3.8) is 0 Å². The Bertz CT molecular complexity index is 1680. The summed E-state index contributed by atoms with van der Waals surface area (Å²) in [5.74, 6) is -0.0217. The molecule has 0 bridgehead atoms. The first-order chi connectivity index (χ1) is 17.2. The van der Waals surface area contributed by atoms with Crippen LogP contribution < -0.4 is 16.6 Å². The van der Waals surface area contributed by atoms with Gasteiger partial charge in [-0.05, 0) is 54.1 Å². The van der Waals surface area contributed by atoms with E-state index in [1.165, 1.54) is 22.8 Å². The molecule has 36 heavy (non-hydrogen) atoms. The summed E-state index contributed by atoms with van der Waals surface area (Å²) in [5, 5.41) is 3.74. The van der Waals surface area contributed by atoms with Gasteiger partial charge in [-0.3, -0.25) is 19.1 Å². The molecule has 0 radical (unpaired) electrons. The van der Waals surface area contributed by atoms with Gasteiger partial charge in [-0.2, -0.15) is 13.2 Å². The minimum absolute atomic E-state index is 0.0972. The van der Waals surface area contributed by atoms with Crippen LogP contribution in [0.5, 0.6) is 0 Å². The van der Waals surface area contributed by atoms with Crippen molar-refractivity contribution in [1.82, 2.24) is 14.5 Å². The Kier molecular flexibility index (Phi) is 5.73. The van der Waals surface area contributed by atoms with Crippen LogP contribution in [0.25, 0.3) is 38.6 Å². The van der Waals surface area contributed by atoms with Gasteiger partial charge in [0.05, 0.1) is 23.1 Å². The number of hydrogen-bond donors (Lipinski definition) is 2. The molecule has 180 valence electrons. The van der Waals surface area contributed by atoms with E-state index in [0.717, 1.165) is 23.3 Å². The van der Waals surface area contributed by atoms with Gasteiger partial charge in [-0.15, -0.1) is 0 Å². The lowest BCUT2D eigenvalue weighted by molar-refractivity contribution is -0.137. The molecule has 3 aromatic heterocycles. The number of nitrogens with two attached hydrogens (primary N) is 1. The van der Waals surface area contributed by atoms with Gasteiger partial charge in [-0.1, -0.05) is 12.1 Å². The number of aromatic nitrogens is 3. The number of nitrogens with one attached hydrogen (secondary N) is 1. The maximum Gasteiger partial charge on any atom is 0.416 e. The summed E-state index contributed by atoms with van der Waals surface area (Å²) >= 11 is 0. The highest BCUT2D eigenvalue weighted by molar-refractivity contribution is 6.05. The first-order valence-corrected chi connectivity index (χ1v) is 10.8. The topological polar surface area (TPSA) is 103 Å². The maximum absolute atomic E-state index is 13.4. The third kappa shape index (κ3) is 4.29. The number of hydrogen-bond acceptors (Lipinski definition) is 5. The van der Waals surface area contributed by atoms with Crippen LogP contribution in [0.15, 0.2) is 83.9 Å². The molecule has 0 fully saturated rings. The monoisotopic (exact) mass is 489 g/mol. The molecule has 1 amide bonds. The zero-order chi connectivity index (χ0) is 25.4. The minimum atomic E-state index is -4.55. The SMILES string of the molecule is NCC(=O)Nc1ccc(-c2ccc3ncc4ccc(=O)n(-c5cccc(C(F)(F)F)c5)c4c3c2)cn1. The molecule has 2 aromatic carbocycles. The van der Waals surface area contributed by atoms with Crippen molar-refractivity contribution >= 4 is 33.5 Å². The molecule has 0 saturated carbocycles. The van der Waals surface area contributed by atoms with Crippen LogP contribution in [0, 0.1) is 0 Å². The van der Waals surface area contributed by atoms with Crippen LogP contribution >= 0.6 is 0 Å². The highest BCUT2D eigenvalue weighted by Crippen LogP contribution is 2.32. The van der Waals surface area contributed by atoms with Gasteiger partial charge in [0.1, 0.15) is 5.82 Å². The quantitative estimate of drug-likeness (QED) is 0.362. The number of halogens is 3. The van der Waals surface area contributed by atoms with Crippen molar-refractivity contribution in [3.05, 3.63) is 95.0 Å². The Balaban J connectivity index is 1.70. The summed E-state index contributed by atoms with van der Waals surface area (Å²) in [6.07, 6.45) is -1.40. The van der Waals surface area contributed by atoms with Gasteiger partial charge in [-0.25, -0.2) is 4.98 Å². The molecule has 0 spiro atoms. The van der Waals surface area contributed by atoms with Gasteiger partial charge in [0.15, 0.2) is 0 Å². The van der Waals surface area contributed by atoms with Crippen LogP contribution in [0.1, 0.15) is 5.56 Å². The van der Waals surface area contributed by atoms with E-state index in [1.54, 1.807) is 36.7 Å². The fourth-order valence-corrected chi connectivity index (χ4v) is 4.00. The van der Waals surface area contributed by atoms with Gasteiger partial charge in [0, 0.05) is 40.5 Å². The molecular formula is C26H18F3N5O2. The van der Waals surface area contributed by atoms with Crippen molar-refractivity contribution < 1.29 is 18.0 Å². The lowest BCUT2D eigenvalue weighted by Crippen LogP contribution is -2.22. The molecule has 3 N–H and O–H groups in total. The number of carbonyl (C=O) groups excluding carboxylic acids is 1. The largest absolute Gasteiger partial charge is 0.416 e. The van der Waals surface area contributed by atoms with E-state index in [2.05, 4.69) is 15.3 Å². The second-order valence-corrected chi connectivity index (χ2v) is 8.03. The first-order valence-electron chi connectivity index (χ1n) is 10.8. The van der Waals surface area contributed by atoms with Gasteiger partial charge in [0.25, 0.3) is 5.56 Å². The van der Waals surface area contributed by atoms with Crippen LogP contribution in [0.4, 0.5) is 19.0 Å². The molecule has 0 saturated heterocycles. The fraction of sp³-hybridized carbons (Fsp3) is 0.0769. The number of nitrogens with zero attached hydrogens (tertiary/aromatic N) is 3. The molecule has 5 rings (SSSR count). The standard InChI is InChI=1S/C26H18F3N5O2/c27-26(28,29)18-2-1-3-19(11-18)34-24(36)9-6-17-14-31-21-7-4-15(10-20(21)25(17)34)16-5-8-22(32-13-16)33-23(35)12-30/h1-11,13-14H,12,30H2,(H,32,33,35). The van der Waals surface area contributed by atoms with Crippen molar-refractivity contribution in [2.45, 2.75) is 6.18 Å². The van der Waals surface area contributed by atoms with E-state index in [1.807, 2.05) is 12.1 Å². The van der Waals surface area contributed by atoms with Crippen LogP contribution in [-0.4, -0.2) is 27.0 Å². The first kappa shape index (κ1) is 23.2. The summed E-state index contributed by atoms with van der Waals surface area (Å²) in [7, 11) is 0. The second-order valence-electron chi connectivity index (χ2n) is 8.03. The summed E-state index contributed by atoms with van der Waals surface area (Å²) < 4.78 is 41.4. The van der Waals surface area contributed by atoms with E-state index in [0.29, 0.717) is 27.6 Å². The number of pyridine rings is 3. The molecule has 0 aliphatic rings. The zero-order valence-corrected chi connectivity index (χ0v) is 18.6. The summed E-state index contributed by atoms with van der Waals surface area (Å²) in [6, 6.07) is 16.3. The number of benzene rings is 2. The Morgan fingerprint density at radius 1 is 0.944 bits per heavy atom. The molecule has 0 unspecified atom stereocenters. The van der Waals surface area contributed by atoms with Gasteiger partial charge >= 0.3 is 6.18 Å². The summed E-state index contributed by atoms with van der Waals surface area (Å²) in [5.41, 5.74) is 6.56. The number of alkyl halides is 3. The van der Waals surface area contributed by atoms with E-state index >= 15 is 0 Å². The Morgan fingerprint density at radius 2 is 1.75 bits per heavy atom. The zero-order valence-electron chi connectivity index (χ0n) is 18.6. The smallest absolute Gasteiger partial charge is 0.322 e. The molecule has 0 aliphatic carbocycles. The number of amides is 1. The number of carbonyl (C=O) groups is 1. The second kappa shape index (κ2) is 8.90. The highest BCUT2D eigenvalue weighted by atomic mass is 19.4. The highest BCUT2D eigenvalue weighted by Gasteiger charge is 2.30. The number of anilines is 1. The predicted molar refractivity (Wildman–Crippen MR) is 131 cm³/mol. The number of rotatable bonds is 4. The fourth-order valence-electron chi connectivity index (χ4n) is 4.00. The Morgan fingerprint density at radius 3 is 2.47 bits per heavy atom. The average Bonchev–Trinajstić information content (AvgIpc) is 2.88. The molecule has 0 atom stereocenters. The van der Waals surface area contributed by atoms with Crippen LogP contribution in [0.3, 0.4) is 0 Å². The molecule has 7 nitrogen and oxygen atoms in total. The minimum Gasteiger partial charge on any atom is -0.322 e. The average molecular weight is 489 g/mol. The molecule has 10 heteroatoms. The molecular weight excluding hydrogens is 471 g/mol. The molecule has 5 aromatic rings. The third-order valence-corrected chi connectivity index (χ3v) is 5.70. The summed E-state index contributed by atoms with van der Waals surface area (Å²) in [4.78, 5) is 33.1. The third-order valence-electron chi connectivity index (χ3n) is 5.70. The van der Waals surface area contributed by atoms with Crippen molar-refractivity contribution in [2.24, 2.45) is 5.73 Å². The van der Waals surface area contributed by atoms with E-state index < -0.39 is 17.3 Å². The molecule has 0 aliphatic heterocycles. The van der Waals surface area contributed by atoms with Crippen molar-refractivity contribution in [2.75, 3.05) is 11.9 Å². The Labute approximate surface area is 202 Å². The van der Waals surface area contributed by atoms with E-state index in [4.69, 9.17) is 5.73 Å². The van der Waals surface area contributed by atoms with E-state index in [9.17, 15) is 22.8 Å². The van der Waals surface area contributed by atoms with Crippen molar-refractivity contribution in [3.8, 4) is 16.8 Å². The molecule has 3 heterocycles.